The number of nitrogens with one attached hydrogen (secondary N) is 2. The topological polar surface area (TPSA) is 52.8 Å². The molecule has 1 aliphatic carbocycles. The van der Waals surface area contributed by atoms with Crippen molar-refractivity contribution in [1.29, 1.82) is 0 Å². The Hall–Kier alpha value is -0.760. The molecule has 1 saturated carbocycles. The summed E-state index contributed by atoms with van der Waals surface area (Å²) in [7, 11) is 0. The zero-order valence-corrected chi connectivity index (χ0v) is 18.1. The average molecular weight is 460 g/mol. The Labute approximate surface area is 169 Å². The van der Waals surface area contributed by atoms with Crippen molar-refractivity contribution in [2.75, 3.05) is 19.6 Å². The monoisotopic (exact) mass is 460 g/mol. The normalized spacial score (nSPS) is 22.2. The number of rotatable bonds is 5. The predicted molar refractivity (Wildman–Crippen MR) is 114 cm³/mol. The molecule has 0 spiro atoms. The zero-order valence-electron chi connectivity index (χ0n) is 15.8. The number of hydrogen-bond acceptors (Lipinski definition) is 3. The van der Waals surface area contributed by atoms with E-state index in [1.54, 1.807) is 0 Å². The quantitative estimate of drug-likeness (QED) is 0.401. The van der Waals surface area contributed by atoms with E-state index in [1.807, 2.05) is 13.8 Å². The zero-order chi connectivity index (χ0) is 16.9. The van der Waals surface area contributed by atoms with E-state index < -0.39 is 0 Å². The minimum Gasteiger partial charge on any atom is -0.466 e. The lowest BCUT2D eigenvalue weighted by molar-refractivity contribution is 0.242. The highest BCUT2D eigenvalue weighted by Gasteiger charge is 2.30. The molecule has 25 heavy (non-hydrogen) atoms. The standard InChI is InChI=1S/C19H32N4O.HI/c1-4-20-19(21-12-16-11-14(2)24-15(16)3)22-17-9-10-23(13-17)18-7-5-6-8-18;/h11,17-18H,4-10,12-13H2,1-3H3,(H2,20,21,22);1H. The Bertz CT molecular complexity index is 566. The van der Waals surface area contributed by atoms with Crippen LogP contribution in [0.4, 0.5) is 0 Å². The van der Waals surface area contributed by atoms with Gasteiger partial charge in [0.15, 0.2) is 5.96 Å². The summed E-state index contributed by atoms with van der Waals surface area (Å²) in [5.74, 6) is 2.85. The summed E-state index contributed by atoms with van der Waals surface area (Å²) in [5.41, 5.74) is 1.17. The van der Waals surface area contributed by atoms with Crippen molar-refractivity contribution in [3.05, 3.63) is 23.2 Å². The summed E-state index contributed by atoms with van der Waals surface area (Å²) in [6, 6.07) is 3.42. The van der Waals surface area contributed by atoms with Crippen molar-refractivity contribution in [3.63, 3.8) is 0 Å². The molecule has 1 aliphatic heterocycles. The third kappa shape index (κ3) is 5.61. The SMILES string of the molecule is CCNC(=NCc1cc(C)oc1C)NC1CCN(C2CCCC2)C1.I. The van der Waals surface area contributed by atoms with Gasteiger partial charge in [0.2, 0.25) is 0 Å². The van der Waals surface area contributed by atoms with E-state index in [1.165, 1.54) is 44.2 Å². The first kappa shape index (κ1) is 20.6. The number of nitrogens with zero attached hydrogens (tertiary/aromatic N) is 2. The first-order chi connectivity index (χ1) is 11.7. The van der Waals surface area contributed by atoms with Gasteiger partial charge in [-0.2, -0.15) is 0 Å². The number of furan rings is 1. The summed E-state index contributed by atoms with van der Waals surface area (Å²) >= 11 is 0. The molecular weight excluding hydrogens is 427 g/mol. The van der Waals surface area contributed by atoms with Gasteiger partial charge in [-0.15, -0.1) is 24.0 Å². The molecule has 2 N–H and O–H groups in total. The molecule has 0 aromatic carbocycles. The highest BCUT2D eigenvalue weighted by atomic mass is 127. The summed E-state index contributed by atoms with van der Waals surface area (Å²) < 4.78 is 5.59. The average Bonchev–Trinajstić information content (AvgIpc) is 3.26. The van der Waals surface area contributed by atoms with Gasteiger partial charge in [0.1, 0.15) is 11.5 Å². The van der Waals surface area contributed by atoms with Crippen LogP contribution in [0.15, 0.2) is 15.5 Å². The van der Waals surface area contributed by atoms with Crippen LogP contribution in [0.2, 0.25) is 0 Å². The van der Waals surface area contributed by atoms with E-state index in [4.69, 9.17) is 9.41 Å². The van der Waals surface area contributed by atoms with E-state index >= 15 is 0 Å². The fourth-order valence-corrected chi connectivity index (χ4v) is 4.02. The Kier molecular flexibility index (Phi) is 8.06. The smallest absolute Gasteiger partial charge is 0.191 e. The Morgan fingerprint density at radius 3 is 2.68 bits per heavy atom. The van der Waals surface area contributed by atoms with Crippen molar-refractivity contribution in [3.8, 4) is 0 Å². The molecule has 6 heteroatoms. The van der Waals surface area contributed by atoms with Gasteiger partial charge in [0.05, 0.1) is 6.54 Å². The molecule has 2 fully saturated rings. The number of aliphatic imine (C=N–C) groups is 1. The van der Waals surface area contributed by atoms with Crippen LogP contribution in [0.25, 0.3) is 0 Å². The van der Waals surface area contributed by atoms with Gasteiger partial charge in [0.25, 0.3) is 0 Å². The molecule has 142 valence electrons. The van der Waals surface area contributed by atoms with E-state index in [2.05, 4.69) is 28.5 Å². The second-order valence-electron chi connectivity index (χ2n) is 7.20. The van der Waals surface area contributed by atoms with Gasteiger partial charge in [-0.25, -0.2) is 4.99 Å². The Morgan fingerprint density at radius 2 is 2.04 bits per heavy atom. The van der Waals surface area contributed by atoms with E-state index in [0.29, 0.717) is 12.6 Å². The van der Waals surface area contributed by atoms with Crippen LogP contribution in [0.3, 0.4) is 0 Å². The number of halogens is 1. The van der Waals surface area contributed by atoms with E-state index in [9.17, 15) is 0 Å². The van der Waals surface area contributed by atoms with Crippen LogP contribution in [-0.4, -0.2) is 42.6 Å². The summed E-state index contributed by atoms with van der Waals surface area (Å²) in [6.45, 7) is 10.0. The van der Waals surface area contributed by atoms with Crippen LogP contribution in [0.5, 0.6) is 0 Å². The first-order valence-corrected chi connectivity index (χ1v) is 9.50. The third-order valence-corrected chi connectivity index (χ3v) is 5.30. The number of guanidine groups is 1. The summed E-state index contributed by atoms with van der Waals surface area (Å²) in [6.07, 6.45) is 6.81. The van der Waals surface area contributed by atoms with Crippen molar-refractivity contribution in [1.82, 2.24) is 15.5 Å². The van der Waals surface area contributed by atoms with Gasteiger partial charge < -0.3 is 15.1 Å². The van der Waals surface area contributed by atoms with Gasteiger partial charge >= 0.3 is 0 Å². The van der Waals surface area contributed by atoms with Crippen LogP contribution in [-0.2, 0) is 6.54 Å². The molecule has 2 heterocycles. The maximum Gasteiger partial charge on any atom is 0.191 e. The van der Waals surface area contributed by atoms with Crippen LogP contribution >= 0.6 is 24.0 Å². The van der Waals surface area contributed by atoms with Gasteiger partial charge in [-0.05, 0) is 46.1 Å². The maximum absolute atomic E-state index is 5.59. The van der Waals surface area contributed by atoms with Crippen molar-refractivity contribution in [2.24, 2.45) is 4.99 Å². The highest BCUT2D eigenvalue weighted by Crippen LogP contribution is 2.26. The highest BCUT2D eigenvalue weighted by molar-refractivity contribution is 14.0. The number of aryl methyl sites for hydroxylation is 2. The third-order valence-electron chi connectivity index (χ3n) is 5.30. The summed E-state index contributed by atoms with van der Waals surface area (Å²) in [4.78, 5) is 7.44. The minimum absolute atomic E-state index is 0. The largest absolute Gasteiger partial charge is 0.466 e. The lowest BCUT2D eigenvalue weighted by atomic mass is 10.2. The van der Waals surface area contributed by atoms with Crippen LogP contribution < -0.4 is 10.6 Å². The molecule has 1 aromatic rings. The Balaban J connectivity index is 0.00000225. The second kappa shape index (κ2) is 9.80. The number of likely N-dealkylation sites (tertiary alicyclic amines) is 1. The van der Waals surface area contributed by atoms with Crippen LogP contribution in [0, 0.1) is 13.8 Å². The van der Waals surface area contributed by atoms with E-state index in [0.717, 1.165) is 36.6 Å². The fraction of sp³-hybridized carbons (Fsp3) is 0.737. The molecule has 5 nitrogen and oxygen atoms in total. The lowest BCUT2D eigenvalue weighted by Crippen LogP contribution is -2.45. The molecule has 3 rings (SSSR count). The molecule has 1 aromatic heterocycles. The predicted octanol–water partition coefficient (Wildman–Crippen LogP) is 3.59. The molecule has 1 atom stereocenters. The van der Waals surface area contributed by atoms with Crippen molar-refractivity contribution in [2.45, 2.75) is 71.5 Å². The second-order valence-corrected chi connectivity index (χ2v) is 7.20. The van der Waals surface area contributed by atoms with Gasteiger partial charge in [-0.1, -0.05) is 12.8 Å². The van der Waals surface area contributed by atoms with Gasteiger partial charge in [0, 0.05) is 37.3 Å². The van der Waals surface area contributed by atoms with Crippen LogP contribution in [0.1, 0.15) is 56.1 Å². The molecule has 2 aliphatic rings. The van der Waals surface area contributed by atoms with Crippen molar-refractivity contribution >= 4 is 29.9 Å². The first-order valence-electron chi connectivity index (χ1n) is 9.50. The van der Waals surface area contributed by atoms with Gasteiger partial charge in [-0.3, -0.25) is 4.90 Å². The lowest BCUT2D eigenvalue weighted by Gasteiger charge is -2.24. The minimum atomic E-state index is 0. The molecule has 0 bridgehead atoms. The fourth-order valence-electron chi connectivity index (χ4n) is 4.02. The molecular formula is C19H33IN4O. The molecule has 0 radical (unpaired) electrons. The van der Waals surface area contributed by atoms with Crippen molar-refractivity contribution < 1.29 is 4.42 Å². The molecule has 0 amide bonds. The molecule has 1 unspecified atom stereocenters. The maximum atomic E-state index is 5.59. The Morgan fingerprint density at radius 1 is 1.28 bits per heavy atom. The molecule has 1 saturated heterocycles. The van der Waals surface area contributed by atoms with E-state index in [-0.39, 0.29) is 24.0 Å². The number of hydrogen-bond donors (Lipinski definition) is 2. The summed E-state index contributed by atoms with van der Waals surface area (Å²) in [5, 5.41) is 7.01.